The smallest absolute Gasteiger partial charge is 0.258 e. The topological polar surface area (TPSA) is 78.0 Å². The number of hydrogen-bond donors (Lipinski definition) is 3. The molecule has 6 heteroatoms. The second-order valence-electron chi connectivity index (χ2n) is 5.65. The number of aromatic nitrogens is 2. The molecule has 0 radical (unpaired) electrons. The summed E-state index contributed by atoms with van der Waals surface area (Å²) in [5.41, 5.74) is 5.23. The summed E-state index contributed by atoms with van der Waals surface area (Å²) in [6.07, 6.45) is 0. The first-order valence-corrected chi connectivity index (χ1v) is 8.66. The Hall–Kier alpha value is -2.96. The molecule has 2 aromatic carbocycles. The number of hydroxylamine groups is 1. The normalized spacial score (nSPS) is 12.2. The highest BCUT2D eigenvalue weighted by Gasteiger charge is 2.25. The van der Waals surface area contributed by atoms with Crippen molar-refractivity contribution in [1.29, 1.82) is 0 Å². The third-order valence-corrected chi connectivity index (χ3v) is 5.00. The maximum atomic E-state index is 12.2. The van der Waals surface area contributed by atoms with Crippen molar-refractivity contribution in [1.82, 2.24) is 15.4 Å². The molecule has 0 spiro atoms. The Morgan fingerprint density at radius 3 is 2.68 bits per heavy atom. The van der Waals surface area contributed by atoms with Crippen molar-refractivity contribution in [3.8, 4) is 10.4 Å². The average Bonchev–Trinajstić information content (AvgIpc) is 3.31. The number of H-pyrrole nitrogens is 1. The third-order valence-electron chi connectivity index (χ3n) is 4.08. The van der Waals surface area contributed by atoms with Crippen molar-refractivity contribution in [2.75, 3.05) is 0 Å². The van der Waals surface area contributed by atoms with Crippen LogP contribution in [-0.2, 0) is 4.79 Å². The first-order chi connectivity index (χ1) is 12.3. The van der Waals surface area contributed by atoms with E-state index in [-0.39, 0.29) is 0 Å². The van der Waals surface area contributed by atoms with E-state index in [0.29, 0.717) is 5.82 Å². The zero-order chi connectivity index (χ0) is 17.2. The maximum Gasteiger partial charge on any atom is 0.258 e. The van der Waals surface area contributed by atoms with Gasteiger partial charge in [-0.3, -0.25) is 10.0 Å². The molecule has 4 rings (SSSR count). The highest BCUT2D eigenvalue weighted by molar-refractivity contribution is 7.13. The van der Waals surface area contributed by atoms with E-state index in [9.17, 15) is 4.79 Å². The van der Waals surface area contributed by atoms with Crippen LogP contribution in [-0.4, -0.2) is 21.1 Å². The molecule has 1 atom stereocenters. The molecule has 0 fully saturated rings. The number of imidazole rings is 1. The van der Waals surface area contributed by atoms with E-state index in [1.165, 1.54) is 4.88 Å². The van der Waals surface area contributed by atoms with Gasteiger partial charge in [0.25, 0.3) is 5.91 Å². The molecular formula is C19H15N3O2S. The van der Waals surface area contributed by atoms with E-state index in [2.05, 4.69) is 16.0 Å². The number of nitrogens with one attached hydrogen (secondary N) is 2. The van der Waals surface area contributed by atoms with Crippen LogP contribution in [0.4, 0.5) is 0 Å². The van der Waals surface area contributed by atoms with E-state index in [1.807, 2.05) is 60.0 Å². The number of rotatable bonds is 4. The minimum atomic E-state index is -0.705. The number of nitrogens with zero attached hydrogens (tertiary/aromatic N) is 1. The first-order valence-electron chi connectivity index (χ1n) is 7.78. The SMILES string of the molecule is O=C(NO)C(c1ccccc1)c1nc2ccc(-c3cccs3)cc2[nH]1. The molecule has 4 aromatic rings. The minimum absolute atomic E-state index is 0.496. The highest BCUT2D eigenvalue weighted by atomic mass is 32.1. The molecule has 25 heavy (non-hydrogen) atoms. The van der Waals surface area contributed by atoms with Crippen LogP contribution in [0.3, 0.4) is 0 Å². The first kappa shape index (κ1) is 15.6. The summed E-state index contributed by atoms with van der Waals surface area (Å²) in [6.45, 7) is 0. The molecule has 124 valence electrons. The number of carbonyl (C=O) groups excluding carboxylic acids is 1. The van der Waals surface area contributed by atoms with Crippen LogP contribution in [0.2, 0.25) is 0 Å². The monoisotopic (exact) mass is 349 g/mol. The Balaban J connectivity index is 1.80. The van der Waals surface area contributed by atoms with Gasteiger partial charge in [-0.25, -0.2) is 10.5 Å². The van der Waals surface area contributed by atoms with Crippen molar-refractivity contribution in [2.24, 2.45) is 0 Å². The average molecular weight is 349 g/mol. The van der Waals surface area contributed by atoms with Gasteiger partial charge in [0.05, 0.1) is 11.0 Å². The van der Waals surface area contributed by atoms with Crippen LogP contribution in [0.1, 0.15) is 17.3 Å². The lowest BCUT2D eigenvalue weighted by Crippen LogP contribution is -2.27. The molecule has 0 bridgehead atoms. The molecule has 5 nitrogen and oxygen atoms in total. The van der Waals surface area contributed by atoms with Gasteiger partial charge in [-0.2, -0.15) is 0 Å². The van der Waals surface area contributed by atoms with Crippen LogP contribution in [0.5, 0.6) is 0 Å². The zero-order valence-electron chi connectivity index (χ0n) is 13.1. The summed E-state index contributed by atoms with van der Waals surface area (Å²) in [6, 6.07) is 19.3. The predicted octanol–water partition coefficient (Wildman–Crippen LogP) is 3.93. The summed E-state index contributed by atoms with van der Waals surface area (Å²) >= 11 is 1.67. The maximum absolute atomic E-state index is 12.2. The number of benzene rings is 2. The highest BCUT2D eigenvalue weighted by Crippen LogP contribution is 2.29. The van der Waals surface area contributed by atoms with E-state index < -0.39 is 11.8 Å². The second kappa shape index (κ2) is 6.51. The summed E-state index contributed by atoms with van der Waals surface area (Å²) in [4.78, 5) is 21.2. The molecule has 2 heterocycles. The quantitative estimate of drug-likeness (QED) is 0.386. The van der Waals surface area contributed by atoms with E-state index in [1.54, 1.807) is 16.8 Å². The van der Waals surface area contributed by atoms with Crippen LogP contribution in [0.15, 0.2) is 66.0 Å². The Morgan fingerprint density at radius 2 is 1.96 bits per heavy atom. The molecule has 0 saturated heterocycles. The molecular weight excluding hydrogens is 334 g/mol. The van der Waals surface area contributed by atoms with Crippen LogP contribution < -0.4 is 5.48 Å². The van der Waals surface area contributed by atoms with Crippen LogP contribution in [0, 0.1) is 0 Å². The van der Waals surface area contributed by atoms with Gasteiger partial charge in [-0.15, -0.1) is 11.3 Å². The number of carbonyl (C=O) groups is 1. The van der Waals surface area contributed by atoms with E-state index >= 15 is 0 Å². The van der Waals surface area contributed by atoms with Gasteiger partial charge in [-0.1, -0.05) is 42.5 Å². The molecule has 3 N–H and O–H groups in total. The van der Waals surface area contributed by atoms with Gasteiger partial charge in [-0.05, 0) is 34.7 Å². The summed E-state index contributed by atoms with van der Waals surface area (Å²) < 4.78 is 0. The van der Waals surface area contributed by atoms with Crippen LogP contribution in [0.25, 0.3) is 21.5 Å². The molecule has 0 aliphatic carbocycles. The molecule has 1 unspecified atom stereocenters. The van der Waals surface area contributed by atoms with Crippen molar-refractivity contribution >= 4 is 28.3 Å². The molecule has 0 saturated carbocycles. The second-order valence-corrected chi connectivity index (χ2v) is 6.60. The minimum Gasteiger partial charge on any atom is -0.341 e. The number of amides is 1. The van der Waals surface area contributed by atoms with Gasteiger partial charge in [0.2, 0.25) is 0 Å². The summed E-state index contributed by atoms with van der Waals surface area (Å²) in [5.74, 6) is -0.733. The predicted molar refractivity (Wildman–Crippen MR) is 97.6 cm³/mol. The Morgan fingerprint density at radius 1 is 1.12 bits per heavy atom. The van der Waals surface area contributed by atoms with Crippen LogP contribution >= 0.6 is 11.3 Å². The Kier molecular flexibility index (Phi) is 4.05. The lowest BCUT2D eigenvalue weighted by Gasteiger charge is -2.12. The number of hydrogen-bond acceptors (Lipinski definition) is 4. The van der Waals surface area contributed by atoms with Gasteiger partial charge >= 0.3 is 0 Å². The van der Waals surface area contributed by atoms with Crippen molar-refractivity contribution < 1.29 is 10.0 Å². The van der Waals surface area contributed by atoms with Gasteiger partial charge in [0, 0.05) is 4.88 Å². The van der Waals surface area contributed by atoms with Gasteiger partial charge < -0.3 is 4.98 Å². The molecule has 2 aromatic heterocycles. The van der Waals surface area contributed by atoms with E-state index in [0.717, 1.165) is 22.2 Å². The third kappa shape index (κ3) is 2.93. The van der Waals surface area contributed by atoms with Gasteiger partial charge in [0.1, 0.15) is 11.7 Å². The largest absolute Gasteiger partial charge is 0.341 e. The number of thiophene rings is 1. The van der Waals surface area contributed by atoms with E-state index in [4.69, 9.17) is 5.21 Å². The Bertz CT molecular complexity index is 1010. The van der Waals surface area contributed by atoms with Crippen molar-refractivity contribution in [2.45, 2.75) is 5.92 Å². The Labute approximate surface area is 147 Å². The fraction of sp³-hybridized carbons (Fsp3) is 0.0526. The molecule has 0 aliphatic rings. The lowest BCUT2D eigenvalue weighted by molar-refractivity contribution is -0.129. The van der Waals surface area contributed by atoms with Crippen molar-refractivity contribution in [3.63, 3.8) is 0 Å². The zero-order valence-corrected chi connectivity index (χ0v) is 14.0. The molecule has 1 amide bonds. The fourth-order valence-electron chi connectivity index (χ4n) is 2.91. The summed E-state index contributed by atoms with van der Waals surface area (Å²) in [7, 11) is 0. The molecule has 0 aliphatic heterocycles. The number of fused-ring (bicyclic) bond motifs is 1. The van der Waals surface area contributed by atoms with Crippen molar-refractivity contribution in [3.05, 3.63) is 77.4 Å². The van der Waals surface area contributed by atoms with Gasteiger partial charge in [0.15, 0.2) is 0 Å². The standard InChI is InChI=1S/C19H15N3O2S/c23-19(22-24)17(12-5-2-1-3-6-12)18-20-14-9-8-13(11-15(14)21-18)16-7-4-10-25-16/h1-11,17,24H,(H,20,21)(H,22,23). The lowest BCUT2D eigenvalue weighted by atomic mass is 9.98. The summed E-state index contributed by atoms with van der Waals surface area (Å²) in [5, 5.41) is 11.2. The number of aromatic amines is 1. The fourth-order valence-corrected chi connectivity index (χ4v) is 3.63.